The lowest BCUT2D eigenvalue weighted by molar-refractivity contribution is -0.132. The second kappa shape index (κ2) is 6.07. The largest absolute Gasteiger partial charge is 0.355 e. The molecule has 0 aliphatic carbocycles. The first-order chi connectivity index (χ1) is 9.50. The summed E-state index contributed by atoms with van der Waals surface area (Å²) in [6.07, 6.45) is 0.594. The molecule has 1 fully saturated rings. The Kier molecular flexibility index (Phi) is 4.42. The molecule has 1 atom stereocenters. The van der Waals surface area contributed by atoms with Crippen molar-refractivity contribution in [2.24, 2.45) is 11.8 Å². The molecule has 1 saturated heterocycles. The van der Waals surface area contributed by atoms with Crippen molar-refractivity contribution >= 4 is 17.5 Å². The van der Waals surface area contributed by atoms with E-state index in [1.54, 1.807) is 4.90 Å². The van der Waals surface area contributed by atoms with Gasteiger partial charge in [0.25, 0.3) is 0 Å². The lowest BCUT2D eigenvalue weighted by Crippen LogP contribution is -2.38. The highest BCUT2D eigenvalue weighted by molar-refractivity contribution is 6.09. The third kappa shape index (κ3) is 3.00. The molecule has 1 aliphatic heterocycles. The van der Waals surface area contributed by atoms with Crippen molar-refractivity contribution in [3.8, 4) is 0 Å². The van der Waals surface area contributed by atoms with Crippen LogP contribution >= 0.6 is 0 Å². The van der Waals surface area contributed by atoms with Crippen LogP contribution in [0.25, 0.3) is 0 Å². The quantitative estimate of drug-likeness (QED) is 0.855. The van der Waals surface area contributed by atoms with Crippen LogP contribution in [-0.4, -0.2) is 24.9 Å². The Morgan fingerprint density at radius 1 is 1.40 bits per heavy atom. The normalized spacial score (nSPS) is 18.7. The van der Waals surface area contributed by atoms with E-state index < -0.39 is 5.92 Å². The molecule has 108 valence electrons. The summed E-state index contributed by atoms with van der Waals surface area (Å²) in [5, 5.41) is 2.85. The van der Waals surface area contributed by atoms with E-state index in [1.807, 2.05) is 45.0 Å². The molecule has 2 amide bonds. The fourth-order valence-corrected chi connectivity index (χ4v) is 2.46. The van der Waals surface area contributed by atoms with Gasteiger partial charge in [-0.1, -0.05) is 32.0 Å². The maximum Gasteiger partial charge on any atom is 0.239 e. The predicted molar refractivity (Wildman–Crippen MR) is 79.5 cm³/mol. The number of para-hydroxylation sites is 1. The van der Waals surface area contributed by atoms with Crippen molar-refractivity contribution in [3.63, 3.8) is 0 Å². The molecule has 1 aromatic carbocycles. The highest BCUT2D eigenvalue weighted by atomic mass is 16.2. The Labute approximate surface area is 120 Å². The number of amides is 2. The van der Waals surface area contributed by atoms with Crippen LogP contribution in [0.1, 0.15) is 25.8 Å². The molecular weight excluding hydrogens is 252 g/mol. The van der Waals surface area contributed by atoms with Crippen LogP contribution in [0.5, 0.6) is 0 Å². The molecule has 0 spiro atoms. The SMILES string of the molecule is Cc1ccccc1N1CC[C@@H](C(=O)NCC(C)C)C1=O. The summed E-state index contributed by atoms with van der Waals surface area (Å²) in [5.41, 5.74) is 1.97. The van der Waals surface area contributed by atoms with E-state index in [9.17, 15) is 9.59 Å². The van der Waals surface area contributed by atoms with E-state index in [0.717, 1.165) is 11.3 Å². The van der Waals surface area contributed by atoms with Crippen molar-refractivity contribution in [1.82, 2.24) is 5.32 Å². The van der Waals surface area contributed by atoms with Crippen molar-refractivity contribution in [1.29, 1.82) is 0 Å². The minimum absolute atomic E-state index is 0.0828. The molecular formula is C16H22N2O2. The molecule has 20 heavy (non-hydrogen) atoms. The van der Waals surface area contributed by atoms with Crippen LogP contribution in [0.2, 0.25) is 0 Å². The Bertz CT molecular complexity index is 511. The minimum Gasteiger partial charge on any atom is -0.355 e. The zero-order valence-electron chi connectivity index (χ0n) is 12.3. The second-order valence-corrected chi connectivity index (χ2v) is 5.76. The zero-order valence-corrected chi connectivity index (χ0v) is 12.3. The van der Waals surface area contributed by atoms with Gasteiger partial charge >= 0.3 is 0 Å². The lowest BCUT2D eigenvalue weighted by atomic mass is 10.1. The number of carbonyl (C=O) groups is 2. The molecule has 1 N–H and O–H groups in total. The molecule has 1 aliphatic rings. The number of hydrogen-bond acceptors (Lipinski definition) is 2. The van der Waals surface area contributed by atoms with E-state index >= 15 is 0 Å². The van der Waals surface area contributed by atoms with Crippen molar-refractivity contribution in [2.45, 2.75) is 27.2 Å². The number of carbonyl (C=O) groups excluding carboxylic acids is 2. The number of anilines is 1. The Morgan fingerprint density at radius 2 is 2.10 bits per heavy atom. The molecule has 0 aromatic heterocycles. The van der Waals surface area contributed by atoms with Crippen LogP contribution in [-0.2, 0) is 9.59 Å². The number of benzene rings is 1. The molecule has 1 aromatic rings. The van der Waals surface area contributed by atoms with Gasteiger partial charge in [-0.3, -0.25) is 9.59 Å². The minimum atomic E-state index is -0.534. The van der Waals surface area contributed by atoms with Gasteiger partial charge in [-0.25, -0.2) is 0 Å². The zero-order chi connectivity index (χ0) is 14.7. The molecule has 2 rings (SSSR count). The topological polar surface area (TPSA) is 49.4 Å². The predicted octanol–water partition coefficient (Wildman–Crippen LogP) is 2.12. The Hall–Kier alpha value is -1.84. The van der Waals surface area contributed by atoms with E-state index in [1.165, 1.54) is 0 Å². The van der Waals surface area contributed by atoms with Gasteiger partial charge in [-0.2, -0.15) is 0 Å². The smallest absolute Gasteiger partial charge is 0.239 e. The van der Waals surface area contributed by atoms with E-state index in [-0.39, 0.29) is 11.8 Å². The first kappa shape index (κ1) is 14.6. The van der Waals surface area contributed by atoms with E-state index in [0.29, 0.717) is 25.4 Å². The third-order valence-electron chi connectivity index (χ3n) is 3.61. The summed E-state index contributed by atoms with van der Waals surface area (Å²) in [6.45, 7) is 7.29. The van der Waals surface area contributed by atoms with Crippen LogP contribution in [0, 0.1) is 18.8 Å². The average Bonchev–Trinajstić information content (AvgIpc) is 2.78. The molecule has 1 heterocycles. The molecule has 4 nitrogen and oxygen atoms in total. The summed E-state index contributed by atoms with van der Waals surface area (Å²) in [4.78, 5) is 26.2. The maximum absolute atomic E-state index is 12.4. The summed E-state index contributed by atoms with van der Waals surface area (Å²) in [6, 6.07) is 7.78. The number of nitrogens with zero attached hydrogens (tertiary/aromatic N) is 1. The third-order valence-corrected chi connectivity index (χ3v) is 3.61. The summed E-state index contributed by atoms with van der Waals surface area (Å²) in [5.74, 6) is -0.364. The second-order valence-electron chi connectivity index (χ2n) is 5.76. The van der Waals surface area contributed by atoms with Gasteiger partial charge in [0.05, 0.1) is 0 Å². The average molecular weight is 274 g/mol. The fourth-order valence-electron chi connectivity index (χ4n) is 2.46. The number of nitrogens with one attached hydrogen (secondary N) is 1. The molecule has 0 bridgehead atoms. The monoisotopic (exact) mass is 274 g/mol. The van der Waals surface area contributed by atoms with Crippen molar-refractivity contribution in [2.75, 3.05) is 18.0 Å². The van der Waals surface area contributed by atoms with Crippen LogP contribution in [0.15, 0.2) is 24.3 Å². The van der Waals surface area contributed by atoms with E-state index in [2.05, 4.69) is 5.32 Å². The Balaban J connectivity index is 2.06. The van der Waals surface area contributed by atoms with Gasteiger partial charge in [0.2, 0.25) is 11.8 Å². The number of rotatable bonds is 4. The summed E-state index contributed by atoms with van der Waals surface area (Å²) in [7, 11) is 0. The van der Waals surface area contributed by atoms with Crippen molar-refractivity contribution in [3.05, 3.63) is 29.8 Å². The van der Waals surface area contributed by atoms with Gasteiger partial charge in [0.15, 0.2) is 0 Å². The first-order valence-corrected chi connectivity index (χ1v) is 7.15. The Morgan fingerprint density at radius 3 is 2.75 bits per heavy atom. The standard InChI is InChI=1S/C16H22N2O2/c1-11(2)10-17-15(19)13-8-9-18(16(13)20)14-7-5-4-6-12(14)3/h4-7,11,13H,8-10H2,1-3H3,(H,17,19)/t13-/m0/s1. The molecule has 0 saturated carbocycles. The highest BCUT2D eigenvalue weighted by Gasteiger charge is 2.37. The highest BCUT2D eigenvalue weighted by Crippen LogP contribution is 2.27. The first-order valence-electron chi connectivity index (χ1n) is 7.15. The van der Waals surface area contributed by atoms with Gasteiger partial charge in [-0.05, 0) is 30.9 Å². The van der Waals surface area contributed by atoms with Crippen LogP contribution < -0.4 is 10.2 Å². The van der Waals surface area contributed by atoms with E-state index in [4.69, 9.17) is 0 Å². The van der Waals surface area contributed by atoms with Gasteiger partial charge < -0.3 is 10.2 Å². The maximum atomic E-state index is 12.4. The lowest BCUT2D eigenvalue weighted by Gasteiger charge is -2.19. The number of hydrogen-bond donors (Lipinski definition) is 1. The fraction of sp³-hybridized carbons (Fsp3) is 0.500. The molecule has 0 unspecified atom stereocenters. The molecule has 0 radical (unpaired) electrons. The van der Waals surface area contributed by atoms with Gasteiger partial charge in [-0.15, -0.1) is 0 Å². The van der Waals surface area contributed by atoms with Crippen molar-refractivity contribution < 1.29 is 9.59 Å². The summed E-state index contributed by atoms with van der Waals surface area (Å²) < 4.78 is 0. The van der Waals surface area contributed by atoms with Crippen LogP contribution in [0.4, 0.5) is 5.69 Å². The number of aryl methyl sites for hydroxylation is 1. The summed E-state index contributed by atoms with van der Waals surface area (Å²) >= 11 is 0. The van der Waals surface area contributed by atoms with Gasteiger partial charge in [0.1, 0.15) is 5.92 Å². The van der Waals surface area contributed by atoms with Gasteiger partial charge in [0, 0.05) is 18.8 Å². The molecule has 4 heteroatoms. The van der Waals surface area contributed by atoms with Crippen LogP contribution in [0.3, 0.4) is 0 Å².